The maximum absolute atomic E-state index is 6.31. The Labute approximate surface area is 175 Å². The Morgan fingerprint density at radius 3 is 2.43 bits per heavy atom. The number of pyridine rings is 1. The fourth-order valence-electron chi connectivity index (χ4n) is 5.07. The van der Waals surface area contributed by atoms with Gasteiger partial charge in [0.2, 0.25) is 0 Å². The molecule has 2 fully saturated rings. The number of nitrogens with zero attached hydrogens (tertiary/aromatic N) is 4. The molecule has 6 nitrogen and oxygen atoms in total. The molecule has 30 heavy (non-hydrogen) atoms. The Kier molecular flexibility index (Phi) is 4.06. The molecule has 2 bridgehead atoms. The maximum atomic E-state index is 6.31. The van der Waals surface area contributed by atoms with Crippen LogP contribution in [0.25, 0.3) is 28.2 Å². The minimum atomic E-state index is 0.448. The Balaban J connectivity index is 1.38. The minimum Gasteiger partial charge on any atom is -0.381 e. The van der Waals surface area contributed by atoms with Crippen LogP contribution in [0.4, 0.5) is 5.82 Å². The molecule has 3 aromatic heterocycles. The van der Waals surface area contributed by atoms with Gasteiger partial charge in [0, 0.05) is 41.5 Å². The van der Waals surface area contributed by atoms with Gasteiger partial charge in [-0.05, 0) is 37.8 Å². The summed E-state index contributed by atoms with van der Waals surface area (Å²) in [6.45, 7) is 0. The molecule has 0 radical (unpaired) electrons. The normalized spacial score (nSPS) is 23.1. The van der Waals surface area contributed by atoms with E-state index in [4.69, 9.17) is 10.7 Å². The van der Waals surface area contributed by atoms with E-state index in [2.05, 4.69) is 50.1 Å². The molecule has 0 aliphatic carbocycles. The fourth-order valence-corrected chi connectivity index (χ4v) is 5.07. The Hall–Kier alpha value is -3.25. The van der Waals surface area contributed by atoms with Crippen molar-refractivity contribution in [1.29, 1.82) is 0 Å². The number of imidazole rings is 1. The number of piperidine rings is 1. The summed E-state index contributed by atoms with van der Waals surface area (Å²) >= 11 is 0. The van der Waals surface area contributed by atoms with Crippen LogP contribution in [-0.2, 0) is 0 Å². The highest BCUT2D eigenvalue weighted by atomic mass is 15.1. The van der Waals surface area contributed by atoms with Crippen molar-refractivity contribution in [3.63, 3.8) is 0 Å². The first-order valence-corrected chi connectivity index (χ1v) is 10.7. The van der Waals surface area contributed by atoms with Gasteiger partial charge in [-0.1, -0.05) is 30.3 Å². The molecule has 4 aromatic rings. The van der Waals surface area contributed by atoms with Crippen molar-refractivity contribution >= 4 is 11.5 Å². The van der Waals surface area contributed by atoms with Crippen LogP contribution in [0, 0.1) is 0 Å². The van der Waals surface area contributed by atoms with Crippen LogP contribution in [0.15, 0.2) is 61.1 Å². The van der Waals surface area contributed by atoms with Crippen molar-refractivity contribution < 1.29 is 0 Å². The van der Waals surface area contributed by atoms with E-state index < -0.39 is 0 Å². The van der Waals surface area contributed by atoms with Crippen LogP contribution < -0.4 is 11.1 Å². The number of fused-ring (bicyclic) bond motifs is 3. The third kappa shape index (κ3) is 2.95. The summed E-state index contributed by atoms with van der Waals surface area (Å²) in [7, 11) is 0. The van der Waals surface area contributed by atoms with Crippen molar-refractivity contribution in [3.05, 3.63) is 66.7 Å². The molecule has 2 aliphatic heterocycles. The van der Waals surface area contributed by atoms with E-state index in [1.54, 1.807) is 0 Å². The lowest BCUT2D eigenvalue weighted by Crippen LogP contribution is -2.37. The van der Waals surface area contributed by atoms with Crippen molar-refractivity contribution in [3.8, 4) is 22.5 Å². The highest BCUT2D eigenvalue weighted by Crippen LogP contribution is 2.37. The molecule has 2 unspecified atom stereocenters. The molecule has 0 saturated carbocycles. The second-order valence-corrected chi connectivity index (χ2v) is 8.49. The lowest BCUT2D eigenvalue weighted by atomic mass is 9.90. The predicted molar refractivity (Wildman–Crippen MR) is 118 cm³/mol. The van der Waals surface area contributed by atoms with E-state index in [9.17, 15) is 0 Å². The van der Waals surface area contributed by atoms with E-state index in [1.165, 1.54) is 12.8 Å². The largest absolute Gasteiger partial charge is 0.381 e. The molecule has 2 saturated heterocycles. The van der Waals surface area contributed by atoms with Gasteiger partial charge in [0.15, 0.2) is 11.5 Å². The zero-order valence-corrected chi connectivity index (χ0v) is 16.7. The number of aromatic nitrogens is 4. The molecule has 5 heterocycles. The average Bonchev–Trinajstić information content (AvgIpc) is 3.37. The average molecular weight is 396 g/mol. The van der Waals surface area contributed by atoms with Crippen molar-refractivity contribution in [2.24, 2.45) is 0 Å². The summed E-state index contributed by atoms with van der Waals surface area (Å²) in [5.74, 6) is 0.947. The van der Waals surface area contributed by atoms with Gasteiger partial charge in [0.1, 0.15) is 0 Å². The van der Waals surface area contributed by atoms with Crippen molar-refractivity contribution in [1.82, 2.24) is 24.7 Å². The Morgan fingerprint density at radius 2 is 1.70 bits per heavy atom. The van der Waals surface area contributed by atoms with Gasteiger partial charge in [-0.2, -0.15) is 0 Å². The number of hydrogen-bond acceptors (Lipinski definition) is 5. The number of anilines is 1. The Morgan fingerprint density at radius 1 is 0.900 bits per heavy atom. The minimum absolute atomic E-state index is 0.448. The van der Waals surface area contributed by atoms with Crippen molar-refractivity contribution in [2.45, 2.75) is 43.7 Å². The monoisotopic (exact) mass is 396 g/mol. The summed E-state index contributed by atoms with van der Waals surface area (Å²) in [6.07, 6.45) is 10.7. The summed E-state index contributed by atoms with van der Waals surface area (Å²) in [5, 5.41) is 3.71. The van der Waals surface area contributed by atoms with E-state index in [0.717, 1.165) is 41.1 Å². The van der Waals surface area contributed by atoms with Gasteiger partial charge in [-0.25, -0.2) is 9.97 Å². The van der Waals surface area contributed by atoms with Crippen LogP contribution in [0.2, 0.25) is 0 Å². The number of hydrogen-bond donors (Lipinski definition) is 2. The summed E-state index contributed by atoms with van der Waals surface area (Å²) in [5.41, 5.74) is 12.2. The summed E-state index contributed by atoms with van der Waals surface area (Å²) in [6, 6.07) is 15.6. The van der Waals surface area contributed by atoms with Gasteiger partial charge in [-0.3, -0.25) is 9.38 Å². The summed E-state index contributed by atoms with van der Waals surface area (Å²) in [4.78, 5) is 14.0. The third-order valence-corrected chi connectivity index (χ3v) is 6.56. The van der Waals surface area contributed by atoms with Gasteiger partial charge in [0.05, 0.1) is 23.3 Å². The van der Waals surface area contributed by atoms with E-state index in [-0.39, 0.29) is 0 Å². The van der Waals surface area contributed by atoms with Crippen LogP contribution in [-0.4, -0.2) is 31.4 Å². The standard InChI is InChI=1S/C24H24N6/c25-23-24-27-13-22(16-6-9-20(26-12-16)15-4-2-1-3-5-15)30(24)14-21(29-23)17-10-18-7-8-19(11-17)28-18/h1-6,9,12-14,17-19,28H,7-8,10-11H2,(H2,25,29). The van der Waals surface area contributed by atoms with E-state index in [0.29, 0.717) is 29.5 Å². The predicted octanol–water partition coefficient (Wildman–Crippen LogP) is 4.04. The maximum Gasteiger partial charge on any atom is 0.180 e. The molecule has 150 valence electrons. The first kappa shape index (κ1) is 17.6. The first-order chi connectivity index (χ1) is 14.7. The quantitative estimate of drug-likeness (QED) is 0.546. The van der Waals surface area contributed by atoms with Crippen LogP contribution >= 0.6 is 0 Å². The summed E-state index contributed by atoms with van der Waals surface area (Å²) < 4.78 is 2.08. The molecule has 3 N–H and O–H groups in total. The smallest absolute Gasteiger partial charge is 0.180 e. The molecule has 0 amide bonds. The molecule has 6 heteroatoms. The van der Waals surface area contributed by atoms with E-state index in [1.807, 2.05) is 30.6 Å². The third-order valence-electron chi connectivity index (χ3n) is 6.56. The van der Waals surface area contributed by atoms with Gasteiger partial charge >= 0.3 is 0 Å². The lowest BCUT2D eigenvalue weighted by molar-refractivity contribution is 0.358. The number of nitrogens with one attached hydrogen (secondary N) is 1. The zero-order valence-electron chi connectivity index (χ0n) is 16.7. The fraction of sp³-hybridized carbons (Fsp3) is 0.292. The van der Waals surface area contributed by atoms with Gasteiger partial charge < -0.3 is 11.1 Å². The SMILES string of the molecule is Nc1nc(C2CC3CCC(C2)N3)cn2c(-c3ccc(-c4ccccc4)nc3)cnc12. The number of nitrogens with two attached hydrogens (primary N) is 1. The number of benzene rings is 1. The second kappa shape index (κ2) is 6.92. The highest BCUT2D eigenvalue weighted by Gasteiger charge is 2.35. The van der Waals surface area contributed by atoms with E-state index >= 15 is 0 Å². The van der Waals surface area contributed by atoms with Crippen molar-refractivity contribution in [2.75, 3.05) is 5.73 Å². The molecular formula is C24H24N6. The van der Waals surface area contributed by atoms with Crippen LogP contribution in [0.5, 0.6) is 0 Å². The first-order valence-electron chi connectivity index (χ1n) is 10.7. The van der Waals surface area contributed by atoms with Gasteiger partial charge in [0.25, 0.3) is 0 Å². The molecule has 2 atom stereocenters. The number of nitrogen functional groups attached to an aromatic ring is 1. The molecule has 1 aromatic carbocycles. The molecule has 6 rings (SSSR count). The Bertz CT molecular complexity index is 1190. The van der Waals surface area contributed by atoms with Crippen LogP contribution in [0.1, 0.15) is 37.3 Å². The van der Waals surface area contributed by atoms with Gasteiger partial charge in [-0.15, -0.1) is 0 Å². The molecular weight excluding hydrogens is 372 g/mol. The van der Waals surface area contributed by atoms with Crippen LogP contribution in [0.3, 0.4) is 0 Å². The number of rotatable bonds is 3. The topological polar surface area (TPSA) is 81.1 Å². The zero-order chi connectivity index (χ0) is 20.1. The molecule has 0 spiro atoms. The highest BCUT2D eigenvalue weighted by molar-refractivity contribution is 5.70. The molecule has 2 aliphatic rings. The second-order valence-electron chi connectivity index (χ2n) is 8.49. The lowest BCUT2D eigenvalue weighted by Gasteiger charge is -2.28.